The minimum absolute atomic E-state index is 0.0282. The van der Waals surface area contributed by atoms with E-state index in [9.17, 15) is 14.4 Å². The van der Waals surface area contributed by atoms with Crippen LogP contribution in [0.4, 0.5) is 0 Å². The number of hydrogen-bond acceptors (Lipinski definition) is 4. The van der Waals surface area contributed by atoms with E-state index in [1.54, 1.807) is 6.92 Å². The Hall–Kier alpha value is -1.43. The van der Waals surface area contributed by atoms with Crippen LogP contribution in [0.5, 0.6) is 0 Å². The molecule has 2 fully saturated rings. The summed E-state index contributed by atoms with van der Waals surface area (Å²) in [7, 11) is 0. The summed E-state index contributed by atoms with van der Waals surface area (Å²) in [4.78, 5) is 36.7. The minimum Gasteiger partial charge on any atom is -0.330 e. The summed E-state index contributed by atoms with van der Waals surface area (Å²) in [6, 6.07) is -0.575. The second-order valence-electron chi connectivity index (χ2n) is 5.09. The Morgan fingerprint density at radius 3 is 2.83 bits per heavy atom. The summed E-state index contributed by atoms with van der Waals surface area (Å²) in [5.41, 5.74) is 5.66. The molecular formula is C12H19N3O3. The van der Waals surface area contributed by atoms with Crippen molar-refractivity contribution in [3.8, 4) is 0 Å². The fourth-order valence-electron chi connectivity index (χ4n) is 2.84. The van der Waals surface area contributed by atoms with Crippen molar-refractivity contribution < 1.29 is 14.4 Å². The lowest BCUT2D eigenvalue weighted by molar-refractivity contribution is -0.152. The molecule has 0 radical (unpaired) electrons. The molecule has 2 aliphatic rings. The molecule has 0 aromatic carbocycles. The first kappa shape index (κ1) is 13.0. The van der Waals surface area contributed by atoms with E-state index in [-0.39, 0.29) is 24.3 Å². The normalized spacial score (nSPS) is 32.6. The number of nitrogens with zero attached hydrogens (tertiary/aromatic N) is 1. The number of carbonyl (C=O) groups is 3. The van der Waals surface area contributed by atoms with E-state index < -0.39 is 17.9 Å². The van der Waals surface area contributed by atoms with Gasteiger partial charge >= 0.3 is 0 Å². The van der Waals surface area contributed by atoms with Gasteiger partial charge in [-0.3, -0.25) is 19.7 Å². The zero-order valence-electron chi connectivity index (χ0n) is 10.5. The van der Waals surface area contributed by atoms with Gasteiger partial charge in [-0.2, -0.15) is 0 Å². The molecule has 0 aromatic heterocycles. The third-order valence-electron chi connectivity index (χ3n) is 3.99. The van der Waals surface area contributed by atoms with E-state index >= 15 is 0 Å². The van der Waals surface area contributed by atoms with E-state index in [0.717, 1.165) is 19.3 Å². The number of nitrogens with one attached hydrogen (secondary N) is 1. The highest BCUT2D eigenvalue weighted by Crippen LogP contribution is 2.33. The maximum absolute atomic E-state index is 12.4. The van der Waals surface area contributed by atoms with Crippen LogP contribution in [-0.4, -0.2) is 41.8 Å². The maximum atomic E-state index is 12.4. The Labute approximate surface area is 106 Å². The van der Waals surface area contributed by atoms with Crippen molar-refractivity contribution >= 4 is 17.7 Å². The van der Waals surface area contributed by atoms with E-state index in [1.807, 2.05) is 0 Å². The molecule has 0 spiro atoms. The number of hydrogen-bond donors (Lipinski definition) is 2. The van der Waals surface area contributed by atoms with E-state index in [1.165, 1.54) is 4.90 Å². The average molecular weight is 253 g/mol. The predicted molar refractivity (Wildman–Crippen MR) is 64.2 cm³/mol. The summed E-state index contributed by atoms with van der Waals surface area (Å²) in [6.45, 7) is 2.10. The molecule has 18 heavy (non-hydrogen) atoms. The molecule has 0 aromatic rings. The van der Waals surface area contributed by atoms with Crippen molar-refractivity contribution in [3.63, 3.8) is 0 Å². The molecule has 1 heterocycles. The molecule has 100 valence electrons. The summed E-state index contributed by atoms with van der Waals surface area (Å²) >= 11 is 0. The van der Waals surface area contributed by atoms with Crippen molar-refractivity contribution in [2.75, 3.05) is 13.1 Å². The first-order valence-corrected chi connectivity index (χ1v) is 6.38. The van der Waals surface area contributed by atoms with Crippen LogP contribution in [0.2, 0.25) is 0 Å². The molecule has 1 aliphatic carbocycles. The highest BCUT2D eigenvalue weighted by molar-refractivity contribution is 6.04. The zero-order valence-corrected chi connectivity index (χ0v) is 10.5. The molecule has 6 nitrogen and oxygen atoms in total. The molecule has 1 saturated heterocycles. The van der Waals surface area contributed by atoms with Crippen molar-refractivity contribution in [2.24, 2.45) is 17.6 Å². The van der Waals surface area contributed by atoms with Gasteiger partial charge in [0.15, 0.2) is 0 Å². The molecule has 2 rings (SSSR count). The van der Waals surface area contributed by atoms with Gasteiger partial charge in [0.25, 0.3) is 0 Å². The molecule has 3 N–H and O–H groups in total. The lowest BCUT2D eigenvalue weighted by Gasteiger charge is -2.34. The first-order valence-electron chi connectivity index (χ1n) is 6.38. The Morgan fingerprint density at radius 1 is 1.44 bits per heavy atom. The fourth-order valence-corrected chi connectivity index (χ4v) is 2.84. The minimum atomic E-state index is -0.575. The molecule has 3 unspecified atom stereocenters. The third kappa shape index (κ3) is 2.25. The van der Waals surface area contributed by atoms with Crippen LogP contribution >= 0.6 is 0 Å². The molecule has 3 amide bonds. The second kappa shape index (κ2) is 5.06. The molecular weight excluding hydrogens is 234 g/mol. The van der Waals surface area contributed by atoms with Crippen molar-refractivity contribution in [2.45, 2.75) is 32.2 Å². The van der Waals surface area contributed by atoms with Crippen LogP contribution in [-0.2, 0) is 14.4 Å². The Morgan fingerprint density at radius 2 is 2.17 bits per heavy atom. The van der Waals surface area contributed by atoms with Crippen LogP contribution in [0.15, 0.2) is 0 Å². The van der Waals surface area contributed by atoms with E-state index in [4.69, 9.17) is 5.73 Å². The van der Waals surface area contributed by atoms with Gasteiger partial charge in [-0.25, -0.2) is 0 Å². The van der Waals surface area contributed by atoms with Gasteiger partial charge in [0, 0.05) is 5.92 Å². The largest absolute Gasteiger partial charge is 0.330 e. The van der Waals surface area contributed by atoms with Gasteiger partial charge in [-0.1, -0.05) is 6.42 Å². The monoisotopic (exact) mass is 253 g/mol. The zero-order chi connectivity index (χ0) is 13.3. The molecule has 1 aliphatic heterocycles. The number of imide groups is 1. The van der Waals surface area contributed by atoms with E-state index in [0.29, 0.717) is 6.54 Å². The molecule has 6 heteroatoms. The number of nitrogens with two attached hydrogens (primary N) is 1. The van der Waals surface area contributed by atoms with Crippen LogP contribution in [0.1, 0.15) is 26.2 Å². The highest BCUT2D eigenvalue weighted by atomic mass is 16.2. The number of rotatable bonds is 2. The lowest BCUT2D eigenvalue weighted by Crippen LogP contribution is -2.60. The first-order chi connectivity index (χ1) is 8.54. The number of piperazine rings is 1. The van der Waals surface area contributed by atoms with Gasteiger partial charge in [0.1, 0.15) is 12.6 Å². The molecule has 0 bridgehead atoms. The second-order valence-corrected chi connectivity index (χ2v) is 5.09. The summed E-state index contributed by atoms with van der Waals surface area (Å²) < 4.78 is 0. The van der Waals surface area contributed by atoms with Gasteiger partial charge < -0.3 is 10.6 Å². The Bertz CT molecular complexity index is 383. The van der Waals surface area contributed by atoms with Crippen LogP contribution in [0, 0.1) is 11.8 Å². The van der Waals surface area contributed by atoms with E-state index in [2.05, 4.69) is 5.32 Å². The Kier molecular flexibility index (Phi) is 3.65. The van der Waals surface area contributed by atoms with Crippen molar-refractivity contribution in [3.05, 3.63) is 0 Å². The maximum Gasteiger partial charge on any atom is 0.249 e. The van der Waals surface area contributed by atoms with Gasteiger partial charge in [-0.15, -0.1) is 0 Å². The van der Waals surface area contributed by atoms with Crippen LogP contribution in [0.3, 0.4) is 0 Å². The predicted octanol–water partition coefficient (Wildman–Crippen LogP) is -0.765. The Balaban J connectivity index is 2.12. The topological polar surface area (TPSA) is 92.5 Å². The van der Waals surface area contributed by atoms with Gasteiger partial charge in [0.2, 0.25) is 17.7 Å². The molecule has 3 atom stereocenters. The average Bonchev–Trinajstić information content (AvgIpc) is 2.81. The smallest absolute Gasteiger partial charge is 0.249 e. The number of carbonyl (C=O) groups excluding carboxylic acids is 3. The quantitative estimate of drug-likeness (QED) is 0.632. The summed E-state index contributed by atoms with van der Waals surface area (Å²) in [6.07, 6.45) is 2.75. The third-order valence-corrected chi connectivity index (χ3v) is 3.99. The lowest BCUT2D eigenvalue weighted by atomic mass is 9.94. The van der Waals surface area contributed by atoms with Crippen LogP contribution < -0.4 is 11.1 Å². The summed E-state index contributed by atoms with van der Waals surface area (Å²) in [5.74, 6) is -0.852. The van der Waals surface area contributed by atoms with Crippen molar-refractivity contribution in [1.82, 2.24) is 10.2 Å². The summed E-state index contributed by atoms with van der Waals surface area (Å²) in [5, 5.41) is 2.23. The van der Waals surface area contributed by atoms with Crippen molar-refractivity contribution in [1.29, 1.82) is 0 Å². The highest BCUT2D eigenvalue weighted by Gasteiger charge is 2.40. The standard InChI is InChI=1S/C12H19N3O3/c1-7-11(17)14-10(16)6-15(7)12(18)9-4-2-3-8(9)5-13/h7-9H,2-6,13H2,1H3,(H,14,16,17). The van der Waals surface area contributed by atoms with Gasteiger partial charge in [-0.05, 0) is 32.2 Å². The molecule has 1 saturated carbocycles. The SMILES string of the molecule is CC1C(=O)NC(=O)CN1C(=O)C1CCCC1CN. The van der Waals surface area contributed by atoms with Gasteiger partial charge in [0.05, 0.1) is 0 Å². The fraction of sp³-hybridized carbons (Fsp3) is 0.750. The number of amides is 3. The van der Waals surface area contributed by atoms with Crippen LogP contribution in [0.25, 0.3) is 0 Å².